The molecule has 4 N–H and O–H groups in total. The lowest BCUT2D eigenvalue weighted by atomic mass is 10.1. The number of hydrogen-bond donors (Lipinski definition) is 2. The molecule has 0 atom stereocenters. The zero-order chi connectivity index (χ0) is 16.8. The van der Waals surface area contributed by atoms with E-state index in [2.05, 4.69) is 32.0 Å². The van der Waals surface area contributed by atoms with Crippen LogP contribution in [-0.4, -0.2) is 16.6 Å². The van der Waals surface area contributed by atoms with Gasteiger partial charge in [-0.3, -0.25) is 0 Å². The molecule has 0 fully saturated rings. The molecule has 0 aliphatic carbocycles. The molecule has 8 heteroatoms. The first-order valence-corrected chi connectivity index (χ1v) is 7.49. The molecule has 2 rings (SSSR count). The quantitative estimate of drug-likeness (QED) is 0.769. The topological polar surface area (TPSA) is 135 Å². The second-order valence-electron chi connectivity index (χ2n) is 4.55. The number of nitriles is 2. The lowest BCUT2D eigenvalue weighted by Crippen LogP contribution is -2.06. The molecule has 116 valence electrons. The van der Waals surface area contributed by atoms with Crippen LogP contribution < -0.4 is 16.2 Å². The molecule has 0 bridgehead atoms. The van der Waals surface area contributed by atoms with Crippen molar-refractivity contribution in [1.82, 2.24) is 9.97 Å². The van der Waals surface area contributed by atoms with Gasteiger partial charge >= 0.3 is 0 Å². The largest absolute Gasteiger partial charge is 0.493 e. The second-order valence-corrected chi connectivity index (χ2v) is 5.47. The van der Waals surface area contributed by atoms with E-state index in [0.29, 0.717) is 36.5 Å². The van der Waals surface area contributed by atoms with Gasteiger partial charge in [-0.2, -0.15) is 15.5 Å². The van der Waals surface area contributed by atoms with Gasteiger partial charge in [0.15, 0.2) is 0 Å². The van der Waals surface area contributed by atoms with E-state index in [4.69, 9.17) is 21.5 Å². The van der Waals surface area contributed by atoms with Gasteiger partial charge in [0.1, 0.15) is 23.2 Å². The molecule has 0 spiro atoms. The average Bonchev–Trinajstić information content (AvgIpc) is 2.52. The number of anilines is 2. The highest BCUT2D eigenvalue weighted by molar-refractivity contribution is 9.10. The van der Waals surface area contributed by atoms with Crippen molar-refractivity contribution < 1.29 is 4.74 Å². The van der Waals surface area contributed by atoms with Gasteiger partial charge in [-0.05, 0) is 24.6 Å². The first-order valence-electron chi connectivity index (χ1n) is 6.69. The van der Waals surface area contributed by atoms with Crippen LogP contribution in [0, 0.1) is 22.7 Å². The number of halogens is 1. The monoisotopic (exact) mass is 372 g/mol. The summed E-state index contributed by atoms with van der Waals surface area (Å²) in [6.07, 6.45) is 1.01. The summed E-state index contributed by atoms with van der Waals surface area (Å²) < 4.78 is 6.49. The maximum absolute atomic E-state index is 9.32. The van der Waals surface area contributed by atoms with Crippen molar-refractivity contribution >= 4 is 27.7 Å². The minimum absolute atomic E-state index is 0.0189. The third-order valence-corrected chi connectivity index (χ3v) is 3.45. The summed E-state index contributed by atoms with van der Waals surface area (Å²) in [7, 11) is 0. The molecular formula is C15H13BrN6O. The Morgan fingerprint density at radius 1 is 1.22 bits per heavy atom. The number of nitrogen functional groups attached to an aromatic ring is 2. The number of nitrogens with zero attached hydrogens (tertiary/aromatic N) is 4. The molecule has 1 aromatic carbocycles. The van der Waals surface area contributed by atoms with Crippen LogP contribution in [0.15, 0.2) is 22.7 Å². The van der Waals surface area contributed by atoms with Gasteiger partial charge in [0.2, 0.25) is 5.95 Å². The van der Waals surface area contributed by atoms with E-state index in [1.807, 2.05) is 12.1 Å². The number of rotatable bonds is 5. The van der Waals surface area contributed by atoms with Crippen LogP contribution in [0.1, 0.15) is 18.4 Å². The summed E-state index contributed by atoms with van der Waals surface area (Å²) in [5, 5.41) is 17.9. The van der Waals surface area contributed by atoms with E-state index in [1.54, 1.807) is 12.1 Å². The first kappa shape index (κ1) is 16.5. The standard InChI is InChI=1S/C15H13BrN6O/c16-9-3-4-12(23-6-2-1-5-17)10(7-9)13-11(8-18)14(19)22-15(20)21-13/h3-4,7H,1-2,6H2,(H4,19,20,21,22). The van der Waals surface area contributed by atoms with Crippen molar-refractivity contribution in [2.45, 2.75) is 12.8 Å². The van der Waals surface area contributed by atoms with Gasteiger partial charge in [-0.1, -0.05) is 15.9 Å². The maximum atomic E-state index is 9.32. The van der Waals surface area contributed by atoms with Crippen molar-refractivity contribution in [2.24, 2.45) is 0 Å². The van der Waals surface area contributed by atoms with Gasteiger partial charge in [0.25, 0.3) is 0 Å². The number of nitrogens with two attached hydrogens (primary N) is 2. The molecule has 7 nitrogen and oxygen atoms in total. The Balaban J connectivity index is 2.49. The van der Waals surface area contributed by atoms with Crippen molar-refractivity contribution in [3.63, 3.8) is 0 Å². The Morgan fingerprint density at radius 2 is 2.00 bits per heavy atom. The average molecular weight is 373 g/mol. The molecule has 23 heavy (non-hydrogen) atoms. The van der Waals surface area contributed by atoms with E-state index < -0.39 is 0 Å². The van der Waals surface area contributed by atoms with Crippen molar-refractivity contribution in [2.75, 3.05) is 18.1 Å². The van der Waals surface area contributed by atoms with Crippen LogP contribution in [0.4, 0.5) is 11.8 Å². The summed E-state index contributed by atoms with van der Waals surface area (Å²) in [5.41, 5.74) is 12.4. The zero-order valence-electron chi connectivity index (χ0n) is 12.1. The van der Waals surface area contributed by atoms with E-state index in [9.17, 15) is 5.26 Å². The van der Waals surface area contributed by atoms with Gasteiger partial charge < -0.3 is 16.2 Å². The Bertz CT molecular complexity index is 809. The fraction of sp³-hybridized carbons (Fsp3) is 0.200. The smallest absolute Gasteiger partial charge is 0.222 e. The summed E-state index contributed by atoms with van der Waals surface area (Å²) in [5.74, 6) is 0.525. The van der Waals surface area contributed by atoms with Crippen LogP contribution in [-0.2, 0) is 0 Å². The van der Waals surface area contributed by atoms with Crippen molar-refractivity contribution in [3.05, 3.63) is 28.2 Å². The van der Waals surface area contributed by atoms with Crippen LogP contribution >= 0.6 is 15.9 Å². The van der Waals surface area contributed by atoms with E-state index in [-0.39, 0.29) is 17.3 Å². The summed E-state index contributed by atoms with van der Waals surface area (Å²) in [6, 6.07) is 9.38. The van der Waals surface area contributed by atoms with Gasteiger partial charge in [0, 0.05) is 16.5 Å². The lowest BCUT2D eigenvalue weighted by Gasteiger charge is -2.13. The molecular weight excluding hydrogens is 360 g/mol. The fourth-order valence-corrected chi connectivity index (χ4v) is 2.31. The number of aromatic nitrogens is 2. The predicted molar refractivity (Wildman–Crippen MR) is 89.0 cm³/mol. The molecule has 0 saturated carbocycles. The Labute approximate surface area is 141 Å². The first-order chi connectivity index (χ1) is 11.1. The van der Waals surface area contributed by atoms with E-state index >= 15 is 0 Å². The van der Waals surface area contributed by atoms with Gasteiger partial charge in [-0.15, -0.1) is 0 Å². The van der Waals surface area contributed by atoms with Crippen molar-refractivity contribution in [1.29, 1.82) is 10.5 Å². The van der Waals surface area contributed by atoms with E-state index in [1.165, 1.54) is 0 Å². The summed E-state index contributed by atoms with van der Waals surface area (Å²) in [4.78, 5) is 7.93. The highest BCUT2D eigenvalue weighted by Gasteiger charge is 2.17. The molecule has 2 aromatic rings. The van der Waals surface area contributed by atoms with Crippen LogP contribution in [0.2, 0.25) is 0 Å². The van der Waals surface area contributed by atoms with Crippen LogP contribution in [0.3, 0.4) is 0 Å². The molecule has 1 aromatic heterocycles. The molecule has 0 aliphatic rings. The molecule has 0 unspecified atom stereocenters. The summed E-state index contributed by atoms with van der Waals surface area (Å²) >= 11 is 3.38. The number of hydrogen-bond acceptors (Lipinski definition) is 7. The number of ether oxygens (including phenoxy) is 1. The normalized spacial score (nSPS) is 9.87. The minimum atomic E-state index is -0.0214. The van der Waals surface area contributed by atoms with Crippen LogP contribution in [0.25, 0.3) is 11.3 Å². The SMILES string of the molecule is N#CCCCOc1ccc(Br)cc1-c1nc(N)nc(N)c1C#N. The Morgan fingerprint density at radius 3 is 2.70 bits per heavy atom. The Hall–Kier alpha value is -2.84. The Kier molecular flexibility index (Phi) is 5.34. The van der Waals surface area contributed by atoms with E-state index in [0.717, 1.165) is 4.47 Å². The fourth-order valence-electron chi connectivity index (χ4n) is 1.95. The van der Waals surface area contributed by atoms with Crippen LogP contribution in [0.5, 0.6) is 5.75 Å². The molecule has 0 radical (unpaired) electrons. The second kappa shape index (κ2) is 7.43. The number of benzene rings is 1. The maximum Gasteiger partial charge on any atom is 0.222 e. The van der Waals surface area contributed by atoms with Gasteiger partial charge in [0.05, 0.1) is 18.4 Å². The predicted octanol–water partition coefficient (Wildman–Crippen LogP) is 2.62. The molecule has 1 heterocycles. The molecule has 0 aliphatic heterocycles. The third-order valence-electron chi connectivity index (χ3n) is 2.95. The highest BCUT2D eigenvalue weighted by Crippen LogP contribution is 2.35. The van der Waals surface area contributed by atoms with Gasteiger partial charge in [-0.25, -0.2) is 4.98 Å². The lowest BCUT2D eigenvalue weighted by molar-refractivity contribution is 0.314. The molecule has 0 saturated heterocycles. The zero-order valence-corrected chi connectivity index (χ0v) is 13.7. The minimum Gasteiger partial charge on any atom is -0.493 e. The van der Waals surface area contributed by atoms with Crippen molar-refractivity contribution in [3.8, 4) is 29.1 Å². The highest BCUT2D eigenvalue weighted by atomic mass is 79.9. The summed E-state index contributed by atoms with van der Waals surface area (Å²) in [6.45, 7) is 0.375. The number of unbranched alkanes of at least 4 members (excludes halogenated alkanes) is 1. The molecule has 0 amide bonds. The third kappa shape index (κ3) is 3.87.